The highest BCUT2D eigenvalue weighted by Crippen LogP contribution is 2.33. The molecule has 0 spiro atoms. The first-order valence-corrected chi connectivity index (χ1v) is 11.7. The van der Waals surface area contributed by atoms with Crippen LogP contribution >= 0.6 is 0 Å². The van der Waals surface area contributed by atoms with Gasteiger partial charge >= 0.3 is 5.97 Å². The van der Waals surface area contributed by atoms with Crippen LogP contribution in [0.4, 0.5) is 0 Å². The van der Waals surface area contributed by atoms with Gasteiger partial charge < -0.3 is 14.2 Å². The van der Waals surface area contributed by atoms with Crippen LogP contribution in [0, 0.1) is 0 Å². The van der Waals surface area contributed by atoms with E-state index in [2.05, 4.69) is 38.1 Å². The predicted octanol–water partition coefficient (Wildman–Crippen LogP) is 6.98. The third-order valence-electron chi connectivity index (χ3n) is 6.21. The van der Waals surface area contributed by atoms with E-state index in [9.17, 15) is 4.79 Å². The van der Waals surface area contributed by atoms with Crippen LogP contribution in [0.3, 0.4) is 0 Å². The Morgan fingerprint density at radius 3 is 2.23 bits per heavy atom. The van der Waals surface area contributed by atoms with Crippen LogP contribution in [-0.4, -0.2) is 18.9 Å². The molecule has 2 atom stereocenters. The Labute approximate surface area is 186 Å². The molecule has 0 bridgehead atoms. The van der Waals surface area contributed by atoms with E-state index in [1.54, 1.807) is 0 Å². The maximum absolute atomic E-state index is 12.1. The average Bonchev–Trinajstić information content (AvgIpc) is 2.80. The first-order valence-electron chi connectivity index (χ1n) is 11.7. The van der Waals surface area contributed by atoms with Crippen molar-refractivity contribution in [3.8, 4) is 11.5 Å². The third kappa shape index (κ3) is 7.39. The van der Waals surface area contributed by atoms with Crippen molar-refractivity contribution in [3.63, 3.8) is 0 Å². The van der Waals surface area contributed by atoms with Gasteiger partial charge in [0.15, 0.2) is 6.29 Å². The number of benzene rings is 2. The van der Waals surface area contributed by atoms with E-state index in [-0.39, 0.29) is 19.0 Å². The Morgan fingerprint density at radius 1 is 0.935 bits per heavy atom. The van der Waals surface area contributed by atoms with Crippen molar-refractivity contribution in [2.45, 2.75) is 83.8 Å². The zero-order valence-corrected chi connectivity index (χ0v) is 19.1. The van der Waals surface area contributed by atoms with Crippen LogP contribution < -0.4 is 9.47 Å². The van der Waals surface area contributed by atoms with Crippen LogP contribution in [0.15, 0.2) is 48.5 Å². The molecule has 2 aromatic carbocycles. The van der Waals surface area contributed by atoms with E-state index in [1.807, 2.05) is 31.2 Å². The predicted molar refractivity (Wildman–Crippen MR) is 124 cm³/mol. The lowest BCUT2D eigenvalue weighted by Crippen LogP contribution is -2.19. The van der Waals surface area contributed by atoms with Crippen molar-refractivity contribution >= 4 is 5.97 Å². The summed E-state index contributed by atoms with van der Waals surface area (Å²) in [6.07, 6.45) is 7.36. The minimum absolute atomic E-state index is 0.186. The standard InChI is InChI=1S/C27H36O4/c1-4-20(2)22-10-14-25(15-11-22)30-21(3)29-19-18-27(28)31-26-16-12-24(13-17-26)23-8-6-5-7-9-23/h10-17,20-21,23H,4-9,18-19H2,1-3H3. The molecule has 3 rings (SSSR count). The maximum Gasteiger partial charge on any atom is 0.313 e. The fourth-order valence-electron chi connectivity index (χ4n) is 4.07. The second-order valence-corrected chi connectivity index (χ2v) is 8.56. The molecule has 31 heavy (non-hydrogen) atoms. The minimum atomic E-state index is -0.433. The Morgan fingerprint density at radius 2 is 1.58 bits per heavy atom. The zero-order valence-electron chi connectivity index (χ0n) is 19.1. The van der Waals surface area contributed by atoms with Gasteiger partial charge in [0.25, 0.3) is 0 Å². The van der Waals surface area contributed by atoms with Crippen LogP contribution in [0.2, 0.25) is 0 Å². The molecule has 0 saturated heterocycles. The Bertz CT molecular complexity index is 791. The molecule has 0 N–H and O–H groups in total. The highest BCUT2D eigenvalue weighted by Gasteiger charge is 2.16. The monoisotopic (exact) mass is 424 g/mol. The Balaban J connectivity index is 1.36. The molecule has 1 aliphatic rings. The maximum atomic E-state index is 12.1. The molecule has 2 aromatic rings. The van der Waals surface area contributed by atoms with E-state index in [1.165, 1.54) is 43.2 Å². The number of hydrogen-bond donors (Lipinski definition) is 0. The van der Waals surface area contributed by atoms with Gasteiger partial charge in [0, 0.05) is 0 Å². The van der Waals surface area contributed by atoms with E-state index < -0.39 is 6.29 Å². The van der Waals surface area contributed by atoms with E-state index in [0.29, 0.717) is 17.6 Å². The Kier molecular flexibility index (Phi) is 8.96. The topological polar surface area (TPSA) is 44.8 Å². The number of carbonyl (C=O) groups excluding carboxylic acids is 1. The molecule has 0 aliphatic heterocycles. The normalized spacial score (nSPS) is 16.5. The van der Waals surface area contributed by atoms with Gasteiger partial charge in [-0.2, -0.15) is 0 Å². The number of esters is 1. The van der Waals surface area contributed by atoms with E-state index >= 15 is 0 Å². The summed E-state index contributed by atoms with van der Waals surface area (Å²) >= 11 is 0. The summed E-state index contributed by atoms with van der Waals surface area (Å²) in [7, 11) is 0. The lowest BCUT2D eigenvalue weighted by Gasteiger charge is -2.22. The van der Waals surface area contributed by atoms with Gasteiger partial charge in [-0.3, -0.25) is 4.79 Å². The summed E-state index contributed by atoms with van der Waals surface area (Å²) in [5.74, 6) is 2.25. The summed E-state index contributed by atoms with van der Waals surface area (Å²) < 4.78 is 16.9. The van der Waals surface area contributed by atoms with Gasteiger partial charge in [-0.05, 0) is 73.4 Å². The molecule has 0 amide bonds. The van der Waals surface area contributed by atoms with Crippen LogP contribution in [-0.2, 0) is 9.53 Å². The lowest BCUT2D eigenvalue weighted by atomic mass is 9.84. The van der Waals surface area contributed by atoms with Gasteiger partial charge in [-0.15, -0.1) is 0 Å². The summed E-state index contributed by atoms with van der Waals surface area (Å²) in [5, 5.41) is 0. The van der Waals surface area contributed by atoms with Crippen LogP contribution in [0.25, 0.3) is 0 Å². The molecular weight excluding hydrogens is 388 g/mol. The quantitative estimate of drug-likeness (QED) is 0.234. The molecular formula is C27H36O4. The molecule has 2 unspecified atom stereocenters. The molecule has 0 aromatic heterocycles. The highest BCUT2D eigenvalue weighted by atomic mass is 16.7. The van der Waals surface area contributed by atoms with E-state index in [0.717, 1.165) is 12.2 Å². The van der Waals surface area contributed by atoms with Crippen LogP contribution in [0.5, 0.6) is 11.5 Å². The van der Waals surface area contributed by atoms with Crippen molar-refractivity contribution < 1.29 is 19.0 Å². The molecule has 1 saturated carbocycles. The van der Waals surface area contributed by atoms with Gasteiger partial charge in [0.2, 0.25) is 0 Å². The summed E-state index contributed by atoms with van der Waals surface area (Å²) in [5.41, 5.74) is 2.66. The first kappa shape index (κ1) is 23.3. The second kappa shape index (κ2) is 11.9. The van der Waals surface area contributed by atoms with Gasteiger partial charge in [-0.1, -0.05) is 57.4 Å². The molecule has 1 fully saturated rings. The minimum Gasteiger partial charge on any atom is -0.465 e. The van der Waals surface area contributed by atoms with Crippen molar-refractivity contribution in [2.24, 2.45) is 0 Å². The fourth-order valence-corrected chi connectivity index (χ4v) is 4.07. The molecule has 1 aliphatic carbocycles. The fraction of sp³-hybridized carbons (Fsp3) is 0.519. The van der Waals surface area contributed by atoms with Crippen molar-refractivity contribution in [2.75, 3.05) is 6.61 Å². The van der Waals surface area contributed by atoms with Crippen LogP contribution in [0.1, 0.15) is 88.7 Å². The lowest BCUT2D eigenvalue weighted by molar-refractivity contribution is -0.138. The van der Waals surface area contributed by atoms with Crippen molar-refractivity contribution in [1.29, 1.82) is 0 Å². The molecule has 4 heteroatoms. The average molecular weight is 425 g/mol. The van der Waals surface area contributed by atoms with Gasteiger partial charge in [-0.25, -0.2) is 0 Å². The van der Waals surface area contributed by atoms with Crippen molar-refractivity contribution in [3.05, 3.63) is 59.7 Å². The number of carbonyl (C=O) groups is 1. The summed E-state index contributed by atoms with van der Waals surface area (Å²) in [6.45, 7) is 6.48. The van der Waals surface area contributed by atoms with Gasteiger partial charge in [0.05, 0.1) is 13.0 Å². The SMILES string of the molecule is CCC(C)c1ccc(OC(C)OCCC(=O)Oc2ccc(C3CCCCC3)cc2)cc1. The molecule has 0 radical (unpaired) electrons. The smallest absolute Gasteiger partial charge is 0.313 e. The number of ether oxygens (including phenoxy) is 3. The largest absolute Gasteiger partial charge is 0.465 e. The molecule has 168 valence electrons. The second-order valence-electron chi connectivity index (χ2n) is 8.56. The summed E-state index contributed by atoms with van der Waals surface area (Å²) in [4.78, 5) is 12.1. The summed E-state index contributed by atoms with van der Waals surface area (Å²) in [6, 6.07) is 16.1. The number of rotatable bonds is 10. The number of hydrogen-bond acceptors (Lipinski definition) is 4. The van der Waals surface area contributed by atoms with E-state index in [4.69, 9.17) is 14.2 Å². The van der Waals surface area contributed by atoms with Gasteiger partial charge in [0.1, 0.15) is 11.5 Å². The molecule has 4 nitrogen and oxygen atoms in total. The highest BCUT2D eigenvalue weighted by molar-refractivity contribution is 5.72. The molecule has 0 heterocycles. The first-order chi connectivity index (χ1) is 15.0. The Hall–Kier alpha value is -2.33. The third-order valence-corrected chi connectivity index (χ3v) is 6.21. The van der Waals surface area contributed by atoms with Crippen molar-refractivity contribution in [1.82, 2.24) is 0 Å². The zero-order chi connectivity index (χ0) is 22.1.